The fourth-order valence-corrected chi connectivity index (χ4v) is 3.57. The summed E-state index contributed by atoms with van der Waals surface area (Å²) in [5.74, 6) is 0. The third kappa shape index (κ3) is 3.14. The average molecular weight is 359 g/mol. The predicted molar refractivity (Wildman–Crippen MR) is 106 cm³/mol. The van der Waals surface area contributed by atoms with E-state index in [1.165, 1.54) is 11.8 Å². The maximum Gasteiger partial charge on any atom is 0.100 e. The third-order valence-electron chi connectivity index (χ3n) is 5.08. The summed E-state index contributed by atoms with van der Waals surface area (Å²) in [6.45, 7) is 2.06. The molecule has 1 atom stereocenters. The number of nitrogens with one attached hydrogen (secondary N) is 1. The van der Waals surface area contributed by atoms with Crippen LogP contribution in [0.1, 0.15) is 36.9 Å². The summed E-state index contributed by atoms with van der Waals surface area (Å²) >= 11 is 0. The van der Waals surface area contributed by atoms with Crippen LogP contribution in [0.15, 0.2) is 54.1 Å². The zero-order chi connectivity index (χ0) is 18.8. The molecule has 0 amide bonds. The summed E-state index contributed by atoms with van der Waals surface area (Å²) in [6, 6.07) is 10.3. The first-order valence-corrected chi connectivity index (χ1v) is 9.04. The Bertz CT molecular complexity index is 1010. The van der Waals surface area contributed by atoms with Crippen molar-refractivity contribution in [2.75, 3.05) is 0 Å². The number of fused-ring (bicyclic) bond motifs is 1. The number of benzene rings is 1. The largest absolute Gasteiger partial charge is 0.411 e. The van der Waals surface area contributed by atoms with Crippen molar-refractivity contribution in [1.82, 2.24) is 14.8 Å². The lowest BCUT2D eigenvalue weighted by Crippen LogP contribution is -2.06. The Balaban J connectivity index is 1.83. The van der Waals surface area contributed by atoms with Gasteiger partial charge in [0.2, 0.25) is 0 Å². The molecular formula is C21H21N5O. The summed E-state index contributed by atoms with van der Waals surface area (Å²) in [7, 11) is 0. The van der Waals surface area contributed by atoms with E-state index in [0.717, 1.165) is 46.5 Å². The first kappa shape index (κ1) is 17.1. The fraction of sp³-hybridized carbons (Fsp3) is 0.238. The summed E-state index contributed by atoms with van der Waals surface area (Å²) in [4.78, 5) is 4.11. The van der Waals surface area contributed by atoms with Crippen molar-refractivity contribution in [3.05, 3.63) is 60.0 Å². The van der Waals surface area contributed by atoms with E-state index < -0.39 is 0 Å². The van der Waals surface area contributed by atoms with Gasteiger partial charge in [0.25, 0.3) is 0 Å². The summed E-state index contributed by atoms with van der Waals surface area (Å²) < 4.78 is 1.93. The standard InChI is InChI=1S/C21H21N5O/c1-14(6-9-22)26-13-19(21(24-26)15-7-10-23-11-8-15)17-2-4-18-16(12-17)3-5-20(18)25-27/h2,4,7-14,22,27H,3,5-6H2,1H3. The predicted octanol–water partition coefficient (Wildman–Crippen LogP) is 4.34. The van der Waals surface area contributed by atoms with Gasteiger partial charge in [0, 0.05) is 41.7 Å². The van der Waals surface area contributed by atoms with Crippen molar-refractivity contribution in [1.29, 1.82) is 5.41 Å². The Labute approximate surface area is 157 Å². The Morgan fingerprint density at radius 3 is 2.74 bits per heavy atom. The number of nitrogens with zero attached hydrogens (tertiary/aromatic N) is 4. The number of rotatable bonds is 5. The van der Waals surface area contributed by atoms with Gasteiger partial charge in [0.1, 0.15) is 5.69 Å². The van der Waals surface area contributed by atoms with Gasteiger partial charge >= 0.3 is 0 Å². The number of oxime groups is 1. The molecule has 6 nitrogen and oxygen atoms in total. The molecule has 2 N–H and O–H groups in total. The highest BCUT2D eigenvalue weighted by molar-refractivity contribution is 6.04. The molecule has 1 aliphatic rings. The molecule has 1 aliphatic carbocycles. The first-order valence-electron chi connectivity index (χ1n) is 9.04. The van der Waals surface area contributed by atoms with Crippen molar-refractivity contribution in [3.63, 3.8) is 0 Å². The summed E-state index contributed by atoms with van der Waals surface area (Å²) in [5.41, 5.74) is 7.03. The average Bonchev–Trinajstić information content (AvgIpc) is 3.32. The van der Waals surface area contributed by atoms with E-state index in [0.29, 0.717) is 6.42 Å². The topological polar surface area (TPSA) is 87.2 Å². The van der Waals surface area contributed by atoms with Gasteiger partial charge in [-0.25, -0.2) is 0 Å². The Morgan fingerprint density at radius 2 is 2.00 bits per heavy atom. The molecule has 0 fully saturated rings. The van der Waals surface area contributed by atoms with Crippen LogP contribution in [0.4, 0.5) is 0 Å². The molecule has 0 bridgehead atoms. The Kier molecular flexibility index (Phi) is 4.54. The van der Waals surface area contributed by atoms with Gasteiger partial charge in [0.15, 0.2) is 0 Å². The maximum absolute atomic E-state index is 9.16. The quantitative estimate of drug-likeness (QED) is 0.404. The zero-order valence-electron chi connectivity index (χ0n) is 15.1. The second-order valence-electron chi connectivity index (χ2n) is 6.81. The molecule has 2 aromatic heterocycles. The van der Waals surface area contributed by atoms with Crippen LogP contribution >= 0.6 is 0 Å². The van der Waals surface area contributed by atoms with Crippen LogP contribution in [-0.2, 0) is 6.42 Å². The number of hydrogen-bond acceptors (Lipinski definition) is 5. The highest BCUT2D eigenvalue weighted by atomic mass is 16.4. The lowest BCUT2D eigenvalue weighted by atomic mass is 9.98. The minimum Gasteiger partial charge on any atom is -0.411 e. The minimum atomic E-state index is 0.111. The van der Waals surface area contributed by atoms with Crippen molar-refractivity contribution >= 4 is 11.9 Å². The summed E-state index contributed by atoms with van der Waals surface area (Å²) in [5, 5.41) is 24.8. The molecule has 136 valence electrons. The molecule has 0 aliphatic heterocycles. The lowest BCUT2D eigenvalue weighted by molar-refractivity contribution is 0.318. The Hall–Kier alpha value is -3.28. The molecule has 1 unspecified atom stereocenters. The lowest BCUT2D eigenvalue weighted by Gasteiger charge is -2.08. The maximum atomic E-state index is 9.16. The number of aryl methyl sites for hydroxylation is 1. The van der Waals surface area contributed by atoms with Gasteiger partial charge in [-0.15, -0.1) is 0 Å². The molecule has 0 saturated carbocycles. The van der Waals surface area contributed by atoms with Crippen LogP contribution in [0.5, 0.6) is 0 Å². The van der Waals surface area contributed by atoms with E-state index in [2.05, 4.69) is 35.4 Å². The highest BCUT2D eigenvalue weighted by Crippen LogP contribution is 2.35. The molecule has 0 saturated heterocycles. The van der Waals surface area contributed by atoms with Crippen LogP contribution in [0.3, 0.4) is 0 Å². The number of hydrogen-bond donors (Lipinski definition) is 2. The molecule has 1 aromatic carbocycles. The third-order valence-corrected chi connectivity index (χ3v) is 5.08. The van der Waals surface area contributed by atoms with Crippen molar-refractivity contribution in [3.8, 4) is 22.4 Å². The second kappa shape index (κ2) is 7.15. The molecular weight excluding hydrogens is 338 g/mol. The van der Waals surface area contributed by atoms with Gasteiger partial charge in [-0.2, -0.15) is 5.10 Å². The molecule has 4 rings (SSSR count). The molecule has 6 heteroatoms. The van der Waals surface area contributed by atoms with Crippen LogP contribution in [-0.4, -0.2) is 31.9 Å². The normalized spacial score (nSPS) is 15.7. The monoisotopic (exact) mass is 359 g/mol. The van der Waals surface area contributed by atoms with E-state index in [9.17, 15) is 0 Å². The van der Waals surface area contributed by atoms with Crippen molar-refractivity contribution in [2.24, 2.45) is 5.16 Å². The molecule has 0 radical (unpaired) electrons. The second-order valence-corrected chi connectivity index (χ2v) is 6.81. The van der Waals surface area contributed by atoms with Crippen LogP contribution in [0.25, 0.3) is 22.4 Å². The van der Waals surface area contributed by atoms with Crippen LogP contribution in [0.2, 0.25) is 0 Å². The minimum absolute atomic E-state index is 0.111. The van der Waals surface area contributed by atoms with Crippen molar-refractivity contribution in [2.45, 2.75) is 32.2 Å². The van der Waals surface area contributed by atoms with Crippen LogP contribution in [0, 0.1) is 5.41 Å². The van der Waals surface area contributed by atoms with Crippen LogP contribution < -0.4 is 0 Å². The molecule has 0 spiro atoms. The van der Waals surface area contributed by atoms with Gasteiger partial charge in [-0.3, -0.25) is 9.67 Å². The SMILES string of the molecule is CC(CC=N)n1cc(-c2ccc3c(c2)CCC3=NO)c(-c2ccncc2)n1. The number of aromatic nitrogens is 3. The van der Waals surface area contributed by atoms with Gasteiger partial charge in [-0.1, -0.05) is 23.4 Å². The number of pyridine rings is 1. The van der Waals surface area contributed by atoms with Crippen molar-refractivity contribution < 1.29 is 5.21 Å². The van der Waals surface area contributed by atoms with E-state index in [1.54, 1.807) is 12.4 Å². The molecule has 27 heavy (non-hydrogen) atoms. The molecule has 2 heterocycles. The van der Waals surface area contributed by atoms with E-state index >= 15 is 0 Å². The molecule has 3 aromatic rings. The Morgan fingerprint density at radius 1 is 1.19 bits per heavy atom. The van der Waals surface area contributed by atoms with Gasteiger partial charge in [0.05, 0.1) is 11.8 Å². The smallest absolute Gasteiger partial charge is 0.100 e. The summed E-state index contributed by atoms with van der Waals surface area (Å²) in [6.07, 6.45) is 9.30. The van der Waals surface area contributed by atoms with Gasteiger partial charge < -0.3 is 10.6 Å². The first-order chi connectivity index (χ1) is 13.2. The van der Waals surface area contributed by atoms with Gasteiger partial charge in [-0.05, 0) is 49.2 Å². The zero-order valence-corrected chi connectivity index (χ0v) is 15.1. The fourth-order valence-electron chi connectivity index (χ4n) is 3.57. The van der Waals surface area contributed by atoms with E-state index in [4.69, 9.17) is 15.7 Å². The van der Waals surface area contributed by atoms with E-state index in [1.807, 2.05) is 22.9 Å². The highest BCUT2D eigenvalue weighted by Gasteiger charge is 2.21. The van der Waals surface area contributed by atoms with E-state index in [-0.39, 0.29) is 6.04 Å².